The second kappa shape index (κ2) is 8.49. The number of furan rings is 1. The standard InChI is InChI=1S/C23H24N4O3/c1-26(2)23(29)21-14-18-13-16(7-9-20(18)30-21)17-5-4-12-27(15-17)22(28)10-8-19-6-3-11-24-25-19/h3,5-7,9,11,13-14H,4,8,10,12,15H2,1-2H3. The zero-order valence-electron chi connectivity index (χ0n) is 17.2. The van der Waals surface area contributed by atoms with E-state index in [0.29, 0.717) is 30.7 Å². The molecule has 2 amide bonds. The molecule has 1 aliphatic heterocycles. The highest BCUT2D eigenvalue weighted by Gasteiger charge is 2.20. The van der Waals surface area contributed by atoms with E-state index in [-0.39, 0.29) is 11.8 Å². The third-order valence-electron chi connectivity index (χ3n) is 5.23. The lowest BCUT2D eigenvalue weighted by molar-refractivity contribution is -0.130. The van der Waals surface area contributed by atoms with Crippen molar-refractivity contribution in [1.82, 2.24) is 20.0 Å². The molecule has 3 aromatic rings. The number of carbonyl (C=O) groups excluding carboxylic acids is 2. The Hall–Kier alpha value is -3.48. The van der Waals surface area contributed by atoms with Crippen molar-refractivity contribution in [2.45, 2.75) is 19.3 Å². The third-order valence-corrected chi connectivity index (χ3v) is 5.23. The summed E-state index contributed by atoms with van der Waals surface area (Å²) in [7, 11) is 3.40. The van der Waals surface area contributed by atoms with Crippen LogP contribution in [-0.2, 0) is 11.2 Å². The van der Waals surface area contributed by atoms with Gasteiger partial charge in [-0.2, -0.15) is 10.2 Å². The molecular weight excluding hydrogens is 380 g/mol. The maximum Gasteiger partial charge on any atom is 0.289 e. The summed E-state index contributed by atoms with van der Waals surface area (Å²) in [6, 6.07) is 11.4. The summed E-state index contributed by atoms with van der Waals surface area (Å²) in [5.74, 6) is 0.282. The summed E-state index contributed by atoms with van der Waals surface area (Å²) in [4.78, 5) is 28.2. The Morgan fingerprint density at radius 2 is 2.07 bits per heavy atom. The minimum Gasteiger partial charge on any atom is -0.451 e. The molecule has 4 rings (SSSR count). The smallest absolute Gasteiger partial charge is 0.289 e. The molecule has 7 nitrogen and oxygen atoms in total. The number of hydrogen-bond acceptors (Lipinski definition) is 5. The van der Waals surface area contributed by atoms with Gasteiger partial charge in [0.05, 0.1) is 5.69 Å². The fourth-order valence-corrected chi connectivity index (χ4v) is 3.59. The van der Waals surface area contributed by atoms with Gasteiger partial charge < -0.3 is 14.2 Å². The molecule has 0 N–H and O–H groups in total. The Bertz CT molecular complexity index is 1100. The third kappa shape index (κ3) is 4.25. The average Bonchev–Trinajstić information content (AvgIpc) is 3.21. The Balaban J connectivity index is 1.46. The van der Waals surface area contributed by atoms with E-state index >= 15 is 0 Å². The van der Waals surface area contributed by atoms with Crippen LogP contribution in [0.1, 0.15) is 34.7 Å². The summed E-state index contributed by atoms with van der Waals surface area (Å²) in [5.41, 5.74) is 3.65. The van der Waals surface area contributed by atoms with Crippen LogP contribution in [0.2, 0.25) is 0 Å². The number of nitrogens with zero attached hydrogens (tertiary/aromatic N) is 4. The Labute approximate surface area is 175 Å². The Kier molecular flexibility index (Phi) is 5.61. The SMILES string of the molecule is CN(C)C(=O)c1cc2cc(C3=CCCN(C(=O)CCc4cccnn4)C3)ccc2o1. The summed E-state index contributed by atoms with van der Waals surface area (Å²) in [5, 5.41) is 8.78. The normalized spacial score (nSPS) is 13.9. The molecular formula is C23H24N4O3. The van der Waals surface area contributed by atoms with Crippen LogP contribution in [0.25, 0.3) is 16.5 Å². The second-order valence-electron chi connectivity index (χ2n) is 7.61. The van der Waals surface area contributed by atoms with E-state index in [4.69, 9.17) is 4.42 Å². The highest BCUT2D eigenvalue weighted by atomic mass is 16.3. The summed E-state index contributed by atoms with van der Waals surface area (Å²) < 4.78 is 5.68. The van der Waals surface area contributed by atoms with Crippen molar-refractivity contribution in [2.75, 3.05) is 27.2 Å². The van der Waals surface area contributed by atoms with Gasteiger partial charge in [0, 0.05) is 51.6 Å². The molecule has 0 fully saturated rings. The van der Waals surface area contributed by atoms with Gasteiger partial charge in [0.15, 0.2) is 5.76 Å². The number of carbonyl (C=O) groups is 2. The second-order valence-corrected chi connectivity index (χ2v) is 7.61. The van der Waals surface area contributed by atoms with Gasteiger partial charge >= 0.3 is 0 Å². The predicted molar refractivity (Wildman–Crippen MR) is 114 cm³/mol. The Morgan fingerprint density at radius 3 is 2.83 bits per heavy atom. The van der Waals surface area contributed by atoms with Crippen LogP contribution >= 0.6 is 0 Å². The maximum atomic E-state index is 12.7. The van der Waals surface area contributed by atoms with Crippen LogP contribution in [-0.4, -0.2) is 59.0 Å². The molecule has 2 aromatic heterocycles. The first-order valence-corrected chi connectivity index (χ1v) is 10.0. The van der Waals surface area contributed by atoms with Crippen molar-refractivity contribution < 1.29 is 14.0 Å². The summed E-state index contributed by atoms with van der Waals surface area (Å²) in [6.45, 7) is 1.30. The lowest BCUT2D eigenvalue weighted by atomic mass is 9.99. The molecule has 154 valence electrons. The quantitative estimate of drug-likeness (QED) is 0.653. The Morgan fingerprint density at radius 1 is 1.20 bits per heavy atom. The number of aryl methyl sites for hydroxylation is 1. The number of rotatable bonds is 5. The van der Waals surface area contributed by atoms with Gasteiger partial charge in [0.25, 0.3) is 5.91 Å². The molecule has 0 spiro atoms. The largest absolute Gasteiger partial charge is 0.451 e. The molecule has 1 aromatic carbocycles. The minimum atomic E-state index is -0.162. The van der Waals surface area contributed by atoms with Crippen LogP contribution < -0.4 is 0 Å². The van der Waals surface area contributed by atoms with Crippen LogP contribution in [0.3, 0.4) is 0 Å². The molecule has 0 radical (unpaired) electrons. The number of amides is 2. The number of aromatic nitrogens is 2. The molecule has 0 aliphatic carbocycles. The molecule has 0 atom stereocenters. The van der Waals surface area contributed by atoms with Gasteiger partial charge in [-0.1, -0.05) is 12.1 Å². The summed E-state index contributed by atoms with van der Waals surface area (Å²) >= 11 is 0. The number of fused-ring (bicyclic) bond motifs is 1. The fourth-order valence-electron chi connectivity index (χ4n) is 3.59. The topological polar surface area (TPSA) is 79.5 Å². The van der Waals surface area contributed by atoms with Gasteiger partial charge in [0.2, 0.25) is 5.91 Å². The van der Waals surface area contributed by atoms with Gasteiger partial charge in [-0.25, -0.2) is 0 Å². The lowest BCUT2D eigenvalue weighted by Crippen LogP contribution is -2.35. The number of benzene rings is 1. The molecule has 0 saturated carbocycles. The zero-order chi connectivity index (χ0) is 21.1. The van der Waals surface area contributed by atoms with Crippen molar-refractivity contribution in [3.8, 4) is 0 Å². The maximum absolute atomic E-state index is 12.7. The highest BCUT2D eigenvalue weighted by Crippen LogP contribution is 2.27. The molecule has 0 saturated heterocycles. The molecule has 3 heterocycles. The van der Waals surface area contributed by atoms with Crippen molar-refractivity contribution in [2.24, 2.45) is 0 Å². The van der Waals surface area contributed by atoms with E-state index in [2.05, 4.69) is 16.3 Å². The van der Waals surface area contributed by atoms with E-state index in [0.717, 1.165) is 35.2 Å². The predicted octanol–water partition coefficient (Wildman–Crippen LogP) is 3.17. The van der Waals surface area contributed by atoms with E-state index < -0.39 is 0 Å². The van der Waals surface area contributed by atoms with Crippen molar-refractivity contribution in [1.29, 1.82) is 0 Å². The molecule has 0 bridgehead atoms. The molecule has 7 heteroatoms. The molecule has 1 aliphatic rings. The van der Waals surface area contributed by atoms with Gasteiger partial charge in [-0.05, 0) is 47.9 Å². The van der Waals surface area contributed by atoms with Crippen molar-refractivity contribution >= 4 is 28.4 Å². The molecule has 30 heavy (non-hydrogen) atoms. The first-order valence-electron chi connectivity index (χ1n) is 10.0. The molecule has 0 unspecified atom stereocenters. The highest BCUT2D eigenvalue weighted by molar-refractivity contribution is 5.96. The van der Waals surface area contributed by atoms with Crippen LogP contribution in [0.5, 0.6) is 0 Å². The van der Waals surface area contributed by atoms with E-state index in [1.54, 1.807) is 26.4 Å². The van der Waals surface area contributed by atoms with Crippen LogP contribution in [0.15, 0.2) is 53.1 Å². The van der Waals surface area contributed by atoms with Crippen LogP contribution in [0.4, 0.5) is 0 Å². The zero-order valence-corrected chi connectivity index (χ0v) is 17.2. The van der Waals surface area contributed by atoms with Gasteiger partial charge in [-0.15, -0.1) is 0 Å². The lowest BCUT2D eigenvalue weighted by Gasteiger charge is -2.27. The minimum absolute atomic E-state index is 0.120. The average molecular weight is 404 g/mol. The van der Waals surface area contributed by atoms with Crippen LogP contribution in [0, 0.1) is 0 Å². The number of hydrogen-bond donors (Lipinski definition) is 0. The summed E-state index contributed by atoms with van der Waals surface area (Å²) in [6.07, 6.45) is 5.64. The van der Waals surface area contributed by atoms with E-state index in [9.17, 15) is 9.59 Å². The van der Waals surface area contributed by atoms with E-state index in [1.165, 1.54) is 4.90 Å². The monoisotopic (exact) mass is 404 g/mol. The van der Waals surface area contributed by atoms with Gasteiger partial charge in [0.1, 0.15) is 5.58 Å². The van der Waals surface area contributed by atoms with Crippen molar-refractivity contribution in [3.63, 3.8) is 0 Å². The first kappa shape index (κ1) is 19.8. The fraction of sp³-hybridized carbons (Fsp3) is 0.304. The van der Waals surface area contributed by atoms with E-state index in [1.807, 2.05) is 35.2 Å². The van der Waals surface area contributed by atoms with Crippen molar-refractivity contribution in [3.05, 3.63) is 65.7 Å². The van der Waals surface area contributed by atoms with Gasteiger partial charge in [-0.3, -0.25) is 9.59 Å². The first-order chi connectivity index (χ1) is 14.5.